The van der Waals surface area contributed by atoms with Crippen LogP contribution in [0.25, 0.3) is 10.9 Å². The summed E-state index contributed by atoms with van der Waals surface area (Å²) in [6.45, 7) is 3.53. The number of nitrogens with two attached hydrogens (primary N) is 2. The molecule has 20 heavy (non-hydrogen) atoms. The Morgan fingerprint density at radius 1 is 1.50 bits per heavy atom. The van der Waals surface area contributed by atoms with Gasteiger partial charge < -0.3 is 16.8 Å². The van der Waals surface area contributed by atoms with Crippen molar-refractivity contribution in [2.24, 2.45) is 5.73 Å². The Morgan fingerprint density at radius 2 is 2.20 bits per heavy atom. The maximum absolute atomic E-state index is 14.1. The largest absolute Gasteiger partial charge is 0.398 e. The van der Waals surface area contributed by atoms with Crippen molar-refractivity contribution in [3.8, 4) is 0 Å². The molecule has 0 bridgehead atoms. The summed E-state index contributed by atoms with van der Waals surface area (Å²) in [6, 6.07) is 4.74. The number of benzene rings is 1. The number of nitrogens with one attached hydrogen (secondary N) is 1. The summed E-state index contributed by atoms with van der Waals surface area (Å²) in [5.74, 6) is -0.970. The third-order valence-electron chi connectivity index (χ3n) is 2.96. The number of hydrogen-bond acceptors (Lipinski definition) is 4. The molecule has 1 heterocycles. The number of hydrogen-bond donors (Lipinski definition) is 3. The number of carbonyl (C=O) groups is 1. The van der Waals surface area contributed by atoms with E-state index in [9.17, 15) is 9.18 Å². The lowest BCUT2D eigenvalue weighted by Gasteiger charge is -2.27. The van der Waals surface area contributed by atoms with Crippen LogP contribution in [0, 0.1) is 5.82 Å². The number of halogens is 1. The molecule has 1 aromatic carbocycles. The molecule has 0 atom stereocenters. The van der Waals surface area contributed by atoms with Crippen LogP contribution in [-0.4, -0.2) is 16.4 Å². The summed E-state index contributed by atoms with van der Waals surface area (Å²) in [4.78, 5) is 15.2. The number of carbonyl (C=O) groups excluding carboxylic acids is 1. The molecule has 6 heteroatoms. The molecule has 0 saturated carbocycles. The van der Waals surface area contributed by atoms with E-state index in [1.165, 1.54) is 6.07 Å². The predicted octanol–water partition coefficient (Wildman–Crippen LogP) is 2.02. The molecule has 0 unspecified atom stereocenters. The highest BCUT2D eigenvalue weighted by molar-refractivity contribution is 5.98. The molecular weight excluding hydrogens is 259 g/mol. The summed E-state index contributed by atoms with van der Waals surface area (Å²) < 4.78 is 14.1. The minimum atomic E-state index is -0.687. The van der Waals surface area contributed by atoms with Gasteiger partial charge in [0.25, 0.3) is 0 Å². The SMILES string of the molecule is CC(C)(CC(N)=O)Nc1c(F)cc(N)c2cccnc12. The first-order valence-electron chi connectivity index (χ1n) is 6.19. The van der Waals surface area contributed by atoms with Gasteiger partial charge in [-0.25, -0.2) is 4.39 Å². The Bertz CT molecular complexity index is 670. The molecular formula is C14H17FN4O. The van der Waals surface area contributed by atoms with Crippen LogP contribution in [0.5, 0.6) is 0 Å². The minimum Gasteiger partial charge on any atom is -0.398 e. The number of nitrogens with zero attached hydrogens (tertiary/aromatic N) is 1. The maximum Gasteiger partial charge on any atom is 0.219 e. The molecule has 0 fully saturated rings. The number of nitrogen functional groups attached to an aromatic ring is 1. The van der Waals surface area contributed by atoms with E-state index in [4.69, 9.17) is 11.5 Å². The van der Waals surface area contributed by atoms with Crippen LogP contribution in [0.15, 0.2) is 24.4 Å². The average Bonchev–Trinajstić information content (AvgIpc) is 2.33. The van der Waals surface area contributed by atoms with Crippen molar-refractivity contribution in [2.45, 2.75) is 25.8 Å². The van der Waals surface area contributed by atoms with Crippen molar-refractivity contribution in [3.63, 3.8) is 0 Å². The van der Waals surface area contributed by atoms with E-state index < -0.39 is 17.3 Å². The lowest BCUT2D eigenvalue weighted by atomic mass is 9.99. The van der Waals surface area contributed by atoms with Gasteiger partial charge in [-0.05, 0) is 32.0 Å². The number of pyridine rings is 1. The quantitative estimate of drug-likeness (QED) is 0.745. The molecule has 5 nitrogen and oxygen atoms in total. The number of anilines is 2. The van der Waals surface area contributed by atoms with Crippen molar-refractivity contribution in [2.75, 3.05) is 11.1 Å². The van der Waals surface area contributed by atoms with Crippen molar-refractivity contribution >= 4 is 28.2 Å². The van der Waals surface area contributed by atoms with Crippen molar-refractivity contribution in [1.29, 1.82) is 0 Å². The summed E-state index contributed by atoms with van der Waals surface area (Å²) in [5.41, 5.74) is 11.3. The molecule has 0 aliphatic carbocycles. The second kappa shape index (κ2) is 4.96. The third kappa shape index (κ3) is 2.79. The van der Waals surface area contributed by atoms with Gasteiger partial charge in [-0.2, -0.15) is 0 Å². The number of amides is 1. The number of primary amides is 1. The molecule has 0 spiro atoms. The van der Waals surface area contributed by atoms with Crippen LogP contribution in [0.2, 0.25) is 0 Å². The van der Waals surface area contributed by atoms with Gasteiger partial charge in [0.2, 0.25) is 5.91 Å². The topological polar surface area (TPSA) is 94.0 Å². The maximum atomic E-state index is 14.1. The number of aromatic nitrogens is 1. The zero-order valence-electron chi connectivity index (χ0n) is 11.4. The van der Waals surface area contributed by atoms with Gasteiger partial charge in [0, 0.05) is 29.2 Å². The van der Waals surface area contributed by atoms with Crippen LogP contribution < -0.4 is 16.8 Å². The van der Waals surface area contributed by atoms with Crippen LogP contribution in [0.1, 0.15) is 20.3 Å². The second-order valence-electron chi connectivity index (χ2n) is 5.37. The van der Waals surface area contributed by atoms with Gasteiger partial charge >= 0.3 is 0 Å². The molecule has 106 valence electrons. The lowest BCUT2D eigenvalue weighted by molar-refractivity contribution is -0.118. The second-order valence-corrected chi connectivity index (χ2v) is 5.37. The van der Waals surface area contributed by atoms with Gasteiger partial charge in [-0.1, -0.05) is 0 Å². The highest BCUT2D eigenvalue weighted by atomic mass is 19.1. The van der Waals surface area contributed by atoms with Crippen LogP contribution in [0.4, 0.5) is 15.8 Å². The Morgan fingerprint density at radius 3 is 2.85 bits per heavy atom. The monoisotopic (exact) mass is 276 g/mol. The Labute approximate surface area is 116 Å². The molecule has 1 amide bonds. The summed E-state index contributed by atoms with van der Waals surface area (Å²) in [5, 5.41) is 3.65. The Kier molecular flexibility index (Phi) is 3.48. The zero-order chi connectivity index (χ0) is 14.9. The Balaban J connectivity index is 2.52. The molecule has 2 aromatic rings. The number of fused-ring (bicyclic) bond motifs is 1. The predicted molar refractivity (Wildman–Crippen MR) is 77.6 cm³/mol. The van der Waals surface area contributed by atoms with E-state index >= 15 is 0 Å². The van der Waals surface area contributed by atoms with Gasteiger partial charge in [0.1, 0.15) is 0 Å². The van der Waals surface area contributed by atoms with Gasteiger partial charge in [-0.3, -0.25) is 9.78 Å². The van der Waals surface area contributed by atoms with Gasteiger partial charge in [-0.15, -0.1) is 0 Å². The third-order valence-corrected chi connectivity index (χ3v) is 2.96. The van der Waals surface area contributed by atoms with Crippen molar-refractivity contribution < 1.29 is 9.18 Å². The summed E-state index contributed by atoms with van der Waals surface area (Å²) in [7, 11) is 0. The molecule has 5 N–H and O–H groups in total. The van der Waals surface area contributed by atoms with Crippen LogP contribution >= 0.6 is 0 Å². The average molecular weight is 276 g/mol. The van der Waals surface area contributed by atoms with E-state index in [-0.39, 0.29) is 12.1 Å². The van der Waals surface area contributed by atoms with Crippen molar-refractivity contribution in [1.82, 2.24) is 4.98 Å². The highest BCUT2D eigenvalue weighted by Crippen LogP contribution is 2.32. The molecule has 2 rings (SSSR count). The standard InChI is InChI=1S/C14H17FN4O/c1-14(2,7-11(17)20)19-13-9(15)6-10(16)8-4-3-5-18-12(8)13/h3-6,19H,7,16H2,1-2H3,(H2,17,20). The Hall–Kier alpha value is -2.37. The normalized spacial score (nSPS) is 11.6. The fourth-order valence-corrected chi connectivity index (χ4v) is 2.17. The molecule has 0 aliphatic heterocycles. The molecule has 0 radical (unpaired) electrons. The van der Waals surface area contributed by atoms with Crippen LogP contribution in [0.3, 0.4) is 0 Å². The minimum absolute atomic E-state index is 0.0745. The first-order valence-corrected chi connectivity index (χ1v) is 6.19. The lowest BCUT2D eigenvalue weighted by Crippen LogP contribution is -2.36. The van der Waals surface area contributed by atoms with E-state index in [1.54, 1.807) is 32.2 Å². The van der Waals surface area contributed by atoms with Crippen molar-refractivity contribution in [3.05, 3.63) is 30.2 Å². The zero-order valence-corrected chi connectivity index (χ0v) is 11.4. The molecule has 1 aromatic heterocycles. The van der Waals surface area contributed by atoms with Gasteiger partial charge in [0.05, 0.1) is 11.2 Å². The molecule has 0 aliphatic rings. The summed E-state index contributed by atoms with van der Waals surface area (Å²) in [6.07, 6.45) is 1.64. The number of rotatable bonds is 4. The van der Waals surface area contributed by atoms with E-state index in [1.807, 2.05) is 0 Å². The summed E-state index contributed by atoms with van der Waals surface area (Å²) >= 11 is 0. The van der Waals surface area contributed by atoms with Crippen LogP contribution in [-0.2, 0) is 4.79 Å². The highest BCUT2D eigenvalue weighted by Gasteiger charge is 2.23. The first-order chi connectivity index (χ1) is 9.30. The molecule has 0 saturated heterocycles. The fourth-order valence-electron chi connectivity index (χ4n) is 2.17. The fraction of sp³-hybridized carbons (Fsp3) is 0.286. The van der Waals surface area contributed by atoms with E-state index in [0.717, 1.165) is 0 Å². The van der Waals surface area contributed by atoms with E-state index in [0.29, 0.717) is 16.6 Å². The van der Waals surface area contributed by atoms with Gasteiger partial charge in [0.15, 0.2) is 5.82 Å². The van der Waals surface area contributed by atoms with E-state index in [2.05, 4.69) is 10.3 Å². The smallest absolute Gasteiger partial charge is 0.219 e. The first kappa shape index (κ1) is 14.0.